The number of unbranched alkanes of at least 4 members (excludes halogenated alkanes) is 9. The zero-order chi connectivity index (χ0) is 14.4. The average Bonchev–Trinajstić information content (AvgIpc) is 2.40. The van der Waals surface area contributed by atoms with Crippen molar-refractivity contribution in [3.8, 4) is 0 Å². The molecule has 1 unspecified atom stereocenters. The third-order valence-corrected chi connectivity index (χ3v) is 4.77. The van der Waals surface area contributed by atoms with Gasteiger partial charge in [0, 0.05) is 13.7 Å². The first-order valence-corrected chi connectivity index (χ1v) is 9.85. The molecule has 0 aliphatic heterocycles. The van der Waals surface area contributed by atoms with Crippen LogP contribution < -0.4 is 0 Å². The Morgan fingerprint density at radius 3 is 1.68 bits per heavy atom. The van der Waals surface area contributed by atoms with Crippen molar-refractivity contribution in [2.75, 3.05) is 20.3 Å². The molecular formula is C13H29O4PS. The third kappa shape index (κ3) is 14.7. The van der Waals surface area contributed by atoms with E-state index in [1.54, 1.807) is 0 Å². The Bertz CT molecular complexity index is 239. The number of aliphatic hydroxyl groups excluding tert-OH is 1. The highest BCUT2D eigenvalue weighted by atomic mass is 32.5. The van der Waals surface area contributed by atoms with Crippen LogP contribution in [0.5, 0.6) is 0 Å². The minimum Gasteiger partial charge on any atom is -0.396 e. The lowest BCUT2D eigenvalue weighted by molar-refractivity contribution is 0.221. The topological polar surface area (TPSA) is 58.9 Å². The molecule has 116 valence electrons. The van der Waals surface area contributed by atoms with Crippen LogP contribution >= 0.6 is 6.72 Å². The van der Waals surface area contributed by atoms with Gasteiger partial charge < -0.3 is 19.0 Å². The van der Waals surface area contributed by atoms with Crippen LogP contribution in [-0.2, 0) is 20.9 Å². The molecule has 19 heavy (non-hydrogen) atoms. The molecule has 4 nitrogen and oxygen atoms in total. The highest BCUT2D eigenvalue weighted by Gasteiger charge is 2.10. The fraction of sp³-hybridized carbons (Fsp3) is 1.00. The van der Waals surface area contributed by atoms with E-state index in [-0.39, 0.29) is 0 Å². The molecule has 0 aromatic carbocycles. The van der Waals surface area contributed by atoms with Crippen molar-refractivity contribution in [3.05, 3.63) is 0 Å². The van der Waals surface area contributed by atoms with Gasteiger partial charge in [-0.2, -0.15) is 0 Å². The number of hydrogen-bond acceptors (Lipinski definition) is 4. The number of rotatable bonds is 14. The Morgan fingerprint density at radius 2 is 1.26 bits per heavy atom. The number of hydrogen-bond donors (Lipinski definition) is 2. The lowest BCUT2D eigenvalue weighted by atomic mass is 10.1. The highest BCUT2D eigenvalue weighted by molar-refractivity contribution is 8.07. The summed E-state index contributed by atoms with van der Waals surface area (Å²) < 4.78 is 9.78. The molecule has 0 heterocycles. The minimum atomic E-state index is -2.94. The lowest BCUT2D eigenvalue weighted by Gasteiger charge is -2.12. The second-order valence-corrected chi connectivity index (χ2v) is 7.69. The van der Waals surface area contributed by atoms with Gasteiger partial charge in [-0.3, -0.25) is 0 Å². The fourth-order valence-electron chi connectivity index (χ4n) is 1.86. The Kier molecular flexibility index (Phi) is 13.8. The molecule has 0 saturated carbocycles. The van der Waals surface area contributed by atoms with Crippen LogP contribution in [0.15, 0.2) is 0 Å². The average molecular weight is 312 g/mol. The molecule has 0 spiro atoms. The van der Waals surface area contributed by atoms with Crippen molar-refractivity contribution in [1.82, 2.24) is 0 Å². The first-order chi connectivity index (χ1) is 9.12. The van der Waals surface area contributed by atoms with Crippen molar-refractivity contribution in [2.45, 2.75) is 64.2 Å². The van der Waals surface area contributed by atoms with E-state index < -0.39 is 6.72 Å². The van der Waals surface area contributed by atoms with E-state index in [0.29, 0.717) is 13.2 Å². The first kappa shape index (κ1) is 19.5. The maximum absolute atomic E-state index is 9.35. The Morgan fingerprint density at radius 1 is 0.842 bits per heavy atom. The van der Waals surface area contributed by atoms with E-state index in [9.17, 15) is 4.89 Å². The van der Waals surface area contributed by atoms with Crippen molar-refractivity contribution < 1.29 is 19.0 Å². The summed E-state index contributed by atoms with van der Waals surface area (Å²) in [6.45, 7) is -2.12. The predicted octanol–water partition coefficient (Wildman–Crippen LogP) is 3.76. The van der Waals surface area contributed by atoms with Crippen LogP contribution in [0.3, 0.4) is 0 Å². The van der Waals surface area contributed by atoms with Crippen LogP contribution in [0.4, 0.5) is 0 Å². The second kappa shape index (κ2) is 13.5. The summed E-state index contributed by atoms with van der Waals surface area (Å²) in [5.41, 5.74) is 0. The van der Waals surface area contributed by atoms with Crippen molar-refractivity contribution >= 4 is 18.5 Å². The Labute approximate surface area is 122 Å². The smallest absolute Gasteiger partial charge is 0.324 e. The van der Waals surface area contributed by atoms with Crippen LogP contribution in [0.25, 0.3) is 0 Å². The molecule has 0 fully saturated rings. The molecule has 6 heteroatoms. The molecule has 2 N–H and O–H groups in total. The van der Waals surface area contributed by atoms with Crippen LogP contribution in [0.2, 0.25) is 0 Å². The third-order valence-electron chi connectivity index (χ3n) is 3.04. The summed E-state index contributed by atoms with van der Waals surface area (Å²) >= 11 is 4.73. The second-order valence-electron chi connectivity index (χ2n) is 4.74. The fourth-order valence-corrected chi connectivity index (χ4v) is 2.55. The molecular weight excluding hydrogens is 283 g/mol. The summed E-state index contributed by atoms with van der Waals surface area (Å²) in [4.78, 5) is 9.35. The van der Waals surface area contributed by atoms with Crippen molar-refractivity contribution in [2.24, 2.45) is 0 Å². The zero-order valence-corrected chi connectivity index (χ0v) is 13.8. The molecule has 0 rings (SSSR count). The summed E-state index contributed by atoms with van der Waals surface area (Å²) in [6.07, 6.45) is 11.7. The van der Waals surface area contributed by atoms with Gasteiger partial charge in [-0.1, -0.05) is 51.4 Å². The van der Waals surface area contributed by atoms with Crippen LogP contribution in [0.1, 0.15) is 64.2 Å². The molecule has 0 radical (unpaired) electrons. The molecule has 0 saturated heterocycles. The Balaban J connectivity index is 3.09. The van der Waals surface area contributed by atoms with Gasteiger partial charge in [-0.05, 0) is 24.6 Å². The maximum atomic E-state index is 9.35. The van der Waals surface area contributed by atoms with Gasteiger partial charge in [-0.15, -0.1) is 0 Å². The SMILES string of the molecule is COP(O)(=S)OCCCCCCCCCCCCO. The van der Waals surface area contributed by atoms with E-state index in [1.165, 1.54) is 45.6 Å². The molecule has 0 aliphatic rings. The molecule has 0 aliphatic carbocycles. The first-order valence-electron chi connectivity index (χ1n) is 7.26. The van der Waals surface area contributed by atoms with Gasteiger partial charge in [0.15, 0.2) is 0 Å². The summed E-state index contributed by atoms with van der Waals surface area (Å²) in [5, 5.41) is 8.64. The van der Waals surface area contributed by atoms with Crippen LogP contribution in [0, 0.1) is 0 Å². The van der Waals surface area contributed by atoms with E-state index in [1.807, 2.05) is 0 Å². The molecule has 0 amide bonds. The maximum Gasteiger partial charge on any atom is 0.324 e. The molecule has 0 bridgehead atoms. The molecule has 0 aromatic rings. The monoisotopic (exact) mass is 312 g/mol. The van der Waals surface area contributed by atoms with Gasteiger partial charge in [0.05, 0.1) is 6.61 Å². The zero-order valence-electron chi connectivity index (χ0n) is 12.1. The van der Waals surface area contributed by atoms with Gasteiger partial charge in [-0.25, -0.2) is 0 Å². The van der Waals surface area contributed by atoms with Gasteiger partial charge in [0.1, 0.15) is 0 Å². The largest absolute Gasteiger partial charge is 0.396 e. The standard InChI is InChI=1S/C13H29O4PS/c1-16-18(15,19)17-13-11-9-7-5-3-2-4-6-8-10-12-14/h14H,2-13H2,1H3,(H,15,19). The minimum absolute atomic E-state index is 0.326. The Hall–Kier alpha value is 0.490. The van der Waals surface area contributed by atoms with Gasteiger partial charge in [0.2, 0.25) is 0 Å². The van der Waals surface area contributed by atoms with E-state index in [0.717, 1.165) is 25.7 Å². The quantitative estimate of drug-likeness (QED) is 0.378. The predicted molar refractivity (Wildman–Crippen MR) is 82.7 cm³/mol. The van der Waals surface area contributed by atoms with Gasteiger partial charge >= 0.3 is 6.72 Å². The normalized spacial score (nSPS) is 14.5. The van der Waals surface area contributed by atoms with E-state index in [2.05, 4.69) is 4.52 Å². The van der Waals surface area contributed by atoms with Crippen molar-refractivity contribution in [3.63, 3.8) is 0 Å². The highest BCUT2D eigenvalue weighted by Crippen LogP contribution is 2.42. The molecule has 1 atom stereocenters. The van der Waals surface area contributed by atoms with E-state index >= 15 is 0 Å². The summed E-state index contributed by atoms with van der Waals surface area (Å²) in [7, 11) is 1.38. The summed E-state index contributed by atoms with van der Waals surface area (Å²) in [5.74, 6) is 0. The number of aliphatic hydroxyl groups is 1. The molecule has 0 aromatic heterocycles. The lowest BCUT2D eigenvalue weighted by Crippen LogP contribution is -1.94. The summed E-state index contributed by atoms with van der Waals surface area (Å²) in [6, 6.07) is 0. The van der Waals surface area contributed by atoms with Gasteiger partial charge in [0.25, 0.3) is 0 Å². The van der Waals surface area contributed by atoms with Crippen molar-refractivity contribution in [1.29, 1.82) is 0 Å². The van der Waals surface area contributed by atoms with E-state index in [4.69, 9.17) is 21.4 Å². The van der Waals surface area contributed by atoms with Crippen LogP contribution in [-0.4, -0.2) is 30.3 Å².